The third-order valence-electron chi connectivity index (χ3n) is 3.60. The fraction of sp³-hybridized carbons (Fsp3) is 0.333. The third kappa shape index (κ3) is 3.61. The van der Waals surface area contributed by atoms with Crippen LogP contribution in [0.5, 0.6) is 5.75 Å². The van der Waals surface area contributed by atoms with Crippen molar-refractivity contribution in [1.29, 1.82) is 0 Å². The number of likely N-dealkylation sites (N-methyl/N-ethyl adjacent to an activating group) is 1. The van der Waals surface area contributed by atoms with Gasteiger partial charge in [0, 0.05) is 0 Å². The van der Waals surface area contributed by atoms with E-state index in [-0.39, 0.29) is 6.04 Å². The summed E-state index contributed by atoms with van der Waals surface area (Å²) < 4.78 is 5.90. The second kappa shape index (κ2) is 6.58. The van der Waals surface area contributed by atoms with E-state index in [4.69, 9.17) is 4.74 Å². The van der Waals surface area contributed by atoms with Crippen LogP contribution in [0.25, 0.3) is 0 Å². The van der Waals surface area contributed by atoms with Crippen LogP contribution in [0.1, 0.15) is 28.3 Å². The van der Waals surface area contributed by atoms with E-state index in [1.807, 2.05) is 19.2 Å². The van der Waals surface area contributed by atoms with Gasteiger partial charge in [0.25, 0.3) is 0 Å². The molecule has 2 rings (SSSR count). The molecule has 0 radical (unpaired) electrons. The highest BCUT2D eigenvalue weighted by Crippen LogP contribution is 2.21. The standard InChI is InChI=1S/C18H23NO/c1-13-6-9-16(10-7-13)20-12-18(19-4)17-11-14(2)5-8-15(17)3/h5-11,18-19H,12H2,1-4H3. The molecule has 0 bridgehead atoms. The maximum atomic E-state index is 5.90. The molecular weight excluding hydrogens is 246 g/mol. The minimum Gasteiger partial charge on any atom is -0.492 e. The van der Waals surface area contributed by atoms with Crippen molar-refractivity contribution in [3.63, 3.8) is 0 Å². The molecule has 2 heteroatoms. The molecule has 0 fully saturated rings. The molecule has 20 heavy (non-hydrogen) atoms. The minimum atomic E-state index is 0.205. The van der Waals surface area contributed by atoms with Crippen LogP contribution in [0.2, 0.25) is 0 Å². The molecule has 1 atom stereocenters. The van der Waals surface area contributed by atoms with Gasteiger partial charge in [0.05, 0.1) is 6.04 Å². The molecular formula is C18H23NO. The van der Waals surface area contributed by atoms with Crippen LogP contribution in [0, 0.1) is 20.8 Å². The largest absolute Gasteiger partial charge is 0.492 e. The molecule has 1 N–H and O–H groups in total. The van der Waals surface area contributed by atoms with Gasteiger partial charge in [0.2, 0.25) is 0 Å². The van der Waals surface area contributed by atoms with Crippen molar-refractivity contribution in [3.05, 3.63) is 64.7 Å². The Balaban J connectivity index is 2.09. The molecule has 0 aliphatic heterocycles. The average molecular weight is 269 g/mol. The molecule has 2 nitrogen and oxygen atoms in total. The van der Waals surface area contributed by atoms with E-state index < -0.39 is 0 Å². The molecule has 0 aliphatic rings. The topological polar surface area (TPSA) is 21.3 Å². The van der Waals surface area contributed by atoms with E-state index in [0.717, 1.165) is 5.75 Å². The van der Waals surface area contributed by atoms with Crippen molar-refractivity contribution >= 4 is 0 Å². The number of hydrogen-bond donors (Lipinski definition) is 1. The Bertz CT molecular complexity index is 560. The van der Waals surface area contributed by atoms with Gasteiger partial charge in [-0.05, 0) is 51.1 Å². The zero-order chi connectivity index (χ0) is 14.5. The van der Waals surface area contributed by atoms with Crippen LogP contribution < -0.4 is 10.1 Å². The Morgan fingerprint density at radius 3 is 2.25 bits per heavy atom. The predicted octanol–water partition coefficient (Wildman–Crippen LogP) is 3.95. The average Bonchev–Trinajstić information content (AvgIpc) is 2.45. The fourth-order valence-corrected chi connectivity index (χ4v) is 2.28. The Kier molecular flexibility index (Phi) is 4.80. The Labute approximate surface area is 121 Å². The first-order valence-corrected chi connectivity index (χ1v) is 7.04. The summed E-state index contributed by atoms with van der Waals surface area (Å²) in [7, 11) is 1.98. The lowest BCUT2D eigenvalue weighted by atomic mass is 9.99. The maximum absolute atomic E-state index is 5.90. The molecule has 0 saturated heterocycles. The Morgan fingerprint density at radius 2 is 1.60 bits per heavy atom. The molecule has 0 heterocycles. The molecule has 1 unspecified atom stereocenters. The van der Waals surface area contributed by atoms with Gasteiger partial charge in [0.15, 0.2) is 0 Å². The van der Waals surface area contributed by atoms with Gasteiger partial charge >= 0.3 is 0 Å². The lowest BCUT2D eigenvalue weighted by molar-refractivity contribution is 0.272. The van der Waals surface area contributed by atoms with Gasteiger partial charge < -0.3 is 10.1 Å². The molecule has 0 amide bonds. The summed E-state index contributed by atoms with van der Waals surface area (Å²) in [6, 6.07) is 14.9. The van der Waals surface area contributed by atoms with Gasteiger partial charge in [-0.3, -0.25) is 0 Å². The predicted molar refractivity (Wildman–Crippen MR) is 84.4 cm³/mol. The zero-order valence-electron chi connectivity index (χ0n) is 12.7. The van der Waals surface area contributed by atoms with Crippen molar-refractivity contribution < 1.29 is 4.74 Å². The monoisotopic (exact) mass is 269 g/mol. The van der Waals surface area contributed by atoms with Crippen molar-refractivity contribution in [3.8, 4) is 5.75 Å². The van der Waals surface area contributed by atoms with E-state index in [1.54, 1.807) is 0 Å². The Morgan fingerprint density at radius 1 is 0.950 bits per heavy atom. The summed E-state index contributed by atoms with van der Waals surface area (Å²) >= 11 is 0. The first kappa shape index (κ1) is 14.6. The normalized spacial score (nSPS) is 12.2. The second-order valence-electron chi connectivity index (χ2n) is 5.33. The highest BCUT2D eigenvalue weighted by molar-refractivity contribution is 5.33. The lowest BCUT2D eigenvalue weighted by Gasteiger charge is -2.20. The van der Waals surface area contributed by atoms with Crippen LogP contribution in [0.15, 0.2) is 42.5 Å². The summed E-state index contributed by atoms with van der Waals surface area (Å²) in [4.78, 5) is 0. The van der Waals surface area contributed by atoms with E-state index >= 15 is 0 Å². The quantitative estimate of drug-likeness (QED) is 0.887. The molecule has 0 aliphatic carbocycles. The number of benzene rings is 2. The fourth-order valence-electron chi connectivity index (χ4n) is 2.28. The summed E-state index contributed by atoms with van der Waals surface area (Å²) in [5.41, 5.74) is 5.13. The van der Waals surface area contributed by atoms with Crippen molar-refractivity contribution in [2.45, 2.75) is 26.8 Å². The van der Waals surface area contributed by atoms with Crippen LogP contribution in [-0.4, -0.2) is 13.7 Å². The van der Waals surface area contributed by atoms with Gasteiger partial charge in [-0.15, -0.1) is 0 Å². The third-order valence-corrected chi connectivity index (χ3v) is 3.60. The van der Waals surface area contributed by atoms with E-state index in [2.05, 4.69) is 56.4 Å². The van der Waals surface area contributed by atoms with Gasteiger partial charge in [-0.2, -0.15) is 0 Å². The molecule has 106 valence electrons. The van der Waals surface area contributed by atoms with Crippen LogP contribution in [-0.2, 0) is 0 Å². The van der Waals surface area contributed by atoms with Crippen LogP contribution in [0.3, 0.4) is 0 Å². The highest BCUT2D eigenvalue weighted by atomic mass is 16.5. The van der Waals surface area contributed by atoms with Crippen molar-refractivity contribution in [1.82, 2.24) is 5.32 Å². The first-order chi connectivity index (χ1) is 9.60. The Hall–Kier alpha value is -1.80. The zero-order valence-corrected chi connectivity index (χ0v) is 12.7. The number of hydrogen-bond acceptors (Lipinski definition) is 2. The second-order valence-corrected chi connectivity index (χ2v) is 5.33. The van der Waals surface area contributed by atoms with Crippen LogP contribution in [0.4, 0.5) is 0 Å². The number of nitrogens with one attached hydrogen (secondary N) is 1. The molecule has 0 saturated carbocycles. The van der Waals surface area contributed by atoms with Gasteiger partial charge in [0.1, 0.15) is 12.4 Å². The molecule has 0 spiro atoms. The van der Waals surface area contributed by atoms with Crippen molar-refractivity contribution in [2.75, 3.05) is 13.7 Å². The lowest BCUT2D eigenvalue weighted by Crippen LogP contribution is -2.24. The van der Waals surface area contributed by atoms with E-state index in [0.29, 0.717) is 6.61 Å². The van der Waals surface area contributed by atoms with Gasteiger partial charge in [-0.1, -0.05) is 41.5 Å². The van der Waals surface area contributed by atoms with Gasteiger partial charge in [-0.25, -0.2) is 0 Å². The highest BCUT2D eigenvalue weighted by Gasteiger charge is 2.12. The minimum absolute atomic E-state index is 0.205. The summed E-state index contributed by atoms with van der Waals surface area (Å²) in [6.45, 7) is 6.97. The molecule has 0 aromatic heterocycles. The number of aryl methyl sites for hydroxylation is 3. The first-order valence-electron chi connectivity index (χ1n) is 7.04. The number of ether oxygens (including phenoxy) is 1. The van der Waals surface area contributed by atoms with E-state index in [1.165, 1.54) is 22.3 Å². The molecule has 2 aromatic carbocycles. The molecule has 2 aromatic rings. The number of rotatable bonds is 5. The summed E-state index contributed by atoms with van der Waals surface area (Å²) in [5, 5.41) is 3.34. The smallest absolute Gasteiger partial charge is 0.119 e. The maximum Gasteiger partial charge on any atom is 0.119 e. The SMILES string of the molecule is CNC(COc1ccc(C)cc1)c1cc(C)ccc1C. The van der Waals surface area contributed by atoms with E-state index in [9.17, 15) is 0 Å². The summed E-state index contributed by atoms with van der Waals surface area (Å²) in [5.74, 6) is 0.918. The van der Waals surface area contributed by atoms with Crippen LogP contribution >= 0.6 is 0 Å². The van der Waals surface area contributed by atoms with Crippen molar-refractivity contribution in [2.24, 2.45) is 0 Å². The summed E-state index contributed by atoms with van der Waals surface area (Å²) in [6.07, 6.45) is 0.